The molecule has 24 heavy (non-hydrogen) atoms. The predicted octanol–water partition coefficient (Wildman–Crippen LogP) is 6.26. The number of furan rings is 1. The van der Waals surface area contributed by atoms with Gasteiger partial charge >= 0.3 is 0 Å². The van der Waals surface area contributed by atoms with Crippen LogP contribution in [0.3, 0.4) is 0 Å². The fourth-order valence-electron chi connectivity index (χ4n) is 2.74. The highest BCUT2D eigenvalue weighted by molar-refractivity contribution is 7.99. The first-order valence-electron chi connectivity index (χ1n) is 7.74. The van der Waals surface area contributed by atoms with Crippen LogP contribution in [-0.2, 0) is 0 Å². The Hall–Kier alpha value is -2.65. The average Bonchev–Trinajstić information content (AvgIpc) is 3.00. The van der Waals surface area contributed by atoms with E-state index in [1.54, 1.807) is 18.9 Å². The highest BCUT2D eigenvalue weighted by Crippen LogP contribution is 2.43. The zero-order valence-corrected chi connectivity index (χ0v) is 14.0. The Morgan fingerprint density at radius 2 is 1.62 bits per heavy atom. The molecule has 0 aliphatic heterocycles. The molecule has 2 nitrogen and oxygen atoms in total. The van der Waals surface area contributed by atoms with Gasteiger partial charge in [0.05, 0.1) is 7.11 Å². The smallest absolute Gasteiger partial charge is 0.174 e. The first-order chi connectivity index (χ1) is 11.8. The lowest BCUT2D eigenvalue weighted by Gasteiger charge is -2.05. The number of methoxy groups -OCH3 is 1. The summed E-state index contributed by atoms with van der Waals surface area (Å²) in [6.07, 6.45) is 0. The first-order valence-corrected chi connectivity index (χ1v) is 8.55. The van der Waals surface area contributed by atoms with Crippen LogP contribution in [0.5, 0.6) is 5.75 Å². The Labute approximate surface area is 145 Å². The van der Waals surface area contributed by atoms with E-state index < -0.39 is 0 Å². The van der Waals surface area contributed by atoms with E-state index >= 15 is 0 Å². The number of rotatable bonds is 4. The number of hydrogen-bond donors (Lipinski definition) is 0. The van der Waals surface area contributed by atoms with Crippen molar-refractivity contribution in [2.24, 2.45) is 0 Å². The van der Waals surface area contributed by atoms with Gasteiger partial charge in [0.2, 0.25) is 0 Å². The van der Waals surface area contributed by atoms with Crippen molar-refractivity contribution in [3.05, 3.63) is 78.9 Å². The fraction of sp³-hybridized carbons (Fsp3) is 0.0476. The van der Waals surface area contributed by atoms with Gasteiger partial charge in [-0.3, -0.25) is 0 Å². The molecule has 0 aliphatic carbocycles. The Balaban J connectivity index is 1.85. The van der Waals surface area contributed by atoms with Crippen molar-refractivity contribution in [3.8, 4) is 16.9 Å². The van der Waals surface area contributed by atoms with Gasteiger partial charge in [0.25, 0.3) is 0 Å². The molecular weight excluding hydrogens is 316 g/mol. The minimum atomic E-state index is 0.845. The topological polar surface area (TPSA) is 22.4 Å². The first kappa shape index (κ1) is 14.9. The van der Waals surface area contributed by atoms with Crippen molar-refractivity contribution >= 4 is 22.7 Å². The summed E-state index contributed by atoms with van der Waals surface area (Å²) in [4.78, 5) is 1.09. The van der Waals surface area contributed by atoms with E-state index in [1.807, 2.05) is 42.5 Å². The summed E-state index contributed by atoms with van der Waals surface area (Å²) >= 11 is 1.62. The molecule has 0 amide bonds. The molecule has 0 spiro atoms. The SMILES string of the molecule is COc1cccc(Sc2oc3ccccc3c2-c2ccccc2)c1. The van der Waals surface area contributed by atoms with Crippen molar-refractivity contribution in [2.75, 3.05) is 7.11 Å². The second kappa shape index (κ2) is 6.46. The van der Waals surface area contributed by atoms with Gasteiger partial charge in [-0.2, -0.15) is 0 Å². The molecule has 0 atom stereocenters. The molecule has 0 radical (unpaired) electrons. The van der Waals surface area contributed by atoms with Crippen LogP contribution in [0, 0.1) is 0 Å². The van der Waals surface area contributed by atoms with Gasteiger partial charge in [0.1, 0.15) is 11.3 Å². The van der Waals surface area contributed by atoms with Crippen molar-refractivity contribution in [1.82, 2.24) is 0 Å². The maximum Gasteiger partial charge on any atom is 0.174 e. The normalized spacial score (nSPS) is 10.9. The van der Waals surface area contributed by atoms with Crippen LogP contribution in [0.15, 0.2) is 93.3 Å². The minimum Gasteiger partial charge on any atom is -0.497 e. The zero-order chi connectivity index (χ0) is 16.4. The summed E-state index contributed by atoms with van der Waals surface area (Å²) in [7, 11) is 1.68. The van der Waals surface area contributed by atoms with Crippen molar-refractivity contribution in [1.29, 1.82) is 0 Å². The van der Waals surface area contributed by atoms with Crippen LogP contribution in [0.25, 0.3) is 22.1 Å². The van der Waals surface area contributed by atoms with Crippen molar-refractivity contribution in [2.45, 2.75) is 9.99 Å². The molecular formula is C21H16O2S. The number of benzene rings is 3. The largest absolute Gasteiger partial charge is 0.497 e. The lowest BCUT2D eigenvalue weighted by molar-refractivity contribution is 0.413. The van der Waals surface area contributed by atoms with Gasteiger partial charge in [-0.05, 0) is 29.8 Å². The summed E-state index contributed by atoms with van der Waals surface area (Å²) in [5.74, 6) is 0.845. The molecule has 0 N–H and O–H groups in total. The molecule has 3 heteroatoms. The molecule has 0 saturated carbocycles. The summed E-state index contributed by atoms with van der Waals surface area (Å²) in [5.41, 5.74) is 3.20. The quantitative estimate of drug-likeness (QED) is 0.440. The van der Waals surface area contributed by atoms with Crippen molar-refractivity contribution in [3.63, 3.8) is 0 Å². The highest BCUT2D eigenvalue weighted by Gasteiger charge is 2.16. The second-order valence-corrected chi connectivity index (χ2v) is 6.45. The monoisotopic (exact) mass is 332 g/mol. The summed E-state index contributed by atoms with van der Waals surface area (Å²) in [6.45, 7) is 0. The summed E-state index contributed by atoms with van der Waals surface area (Å²) in [6, 6.07) is 26.6. The van der Waals surface area contributed by atoms with E-state index in [0.717, 1.165) is 37.8 Å². The van der Waals surface area contributed by atoms with Gasteiger partial charge in [0, 0.05) is 15.8 Å². The van der Waals surface area contributed by atoms with Gasteiger partial charge in [-0.25, -0.2) is 0 Å². The molecule has 118 valence electrons. The lowest BCUT2D eigenvalue weighted by Crippen LogP contribution is -1.82. The van der Waals surface area contributed by atoms with E-state index in [0.29, 0.717) is 0 Å². The lowest BCUT2D eigenvalue weighted by atomic mass is 10.1. The predicted molar refractivity (Wildman–Crippen MR) is 98.8 cm³/mol. The van der Waals surface area contributed by atoms with E-state index in [-0.39, 0.29) is 0 Å². The maximum atomic E-state index is 6.15. The number of ether oxygens (including phenoxy) is 1. The molecule has 4 rings (SSSR count). The van der Waals surface area contributed by atoms with Crippen LogP contribution in [0.4, 0.5) is 0 Å². The summed E-state index contributed by atoms with van der Waals surface area (Å²) < 4.78 is 11.5. The molecule has 1 aromatic heterocycles. The van der Waals surface area contributed by atoms with Crippen molar-refractivity contribution < 1.29 is 9.15 Å². The van der Waals surface area contributed by atoms with Crippen LogP contribution in [0.2, 0.25) is 0 Å². The third-order valence-corrected chi connectivity index (χ3v) is 4.84. The molecule has 4 aromatic rings. The standard InChI is InChI=1S/C21H16O2S/c1-22-16-10-7-11-17(14-16)24-21-20(15-8-3-2-4-9-15)18-12-5-6-13-19(18)23-21/h2-14H,1H3. The van der Waals surface area contributed by atoms with Gasteiger partial charge in [-0.15, -0.1) is 0 Å². The van der Waals surface area contributed by atoms with Gasteiger partial charge in [0.15, 0.2) is 5.09 Å². The minimum absolute atomic E-state index is 0.845. The Morgan fingerprint density at radius 3 is 2.46 bits per heavy atom. The number of hydrogen-bond acceptors (Lipinski definition) is 3. The van der Waals surface area contributed by atoms with E-state index in [2.05, 4.69) is 36.4 Å². The third kappa shape index (κ3) is 2.79. The molecule has 0 fully saturated rings. The Morgan fingerprint density at radius 1 is 0.833 bits per heavy atom. The average molecular weight is 332 g/mol. The van der Waals surface area contributed by atoms with Crippen LogP contribution < -0.4 is 4.74 Å². The molecule has 0 aliphatic rings. The molecule has 0 saturated heterocycles. The molecule has 3 aromatic carbocycles. The fourth-order valence-corrected chi connectivity index (χ4v) is 3.74. The second-order valence-electron chi connectivity index (χ2n) is 5.41. The molecule has 0 bridgehead atoms. The molecule has 1 heterocycles. The van der Waals surface area contributed by atoms with E-state index in [4.69, 9.17) is 9.15 Å². The zero-order valence-electron chi connectivity index (χ0n) is 13.2. The third-order valence-electron chi connectivity index (χ3n) is 3.88. The Kier molecular flexibility index (Phi) is 4.01. The van der Waals surface area contributed by atoms with Crippen LogP contribution >= 0.6 is 11.8 Å². The van der Waals surface area contributed by atoms with E-state index in [1.165, 1.54) is 0 Å². The highest BCUT2D eigenvalue weighted by atomic mass is 32.2. The maximum absolute atomic E-state index is 6.15. The molecule has 0 unspecified atom stereocenters. The van der Waals surface area contributed by atoms with E-state index in [9.17, 15) is 0 Å². The number of para-hydroxylation sites is 1. The number of fused-ring (bicyclic) bond motifs is 1. The van der Waals surface area contributed by atoms with Gasteiger partial charge < -0.3 is 9.15 Å². The van der Waals surface area contributed by atoms with Crippen LogP contribution in [-0.4, -0.2) is 7.11 Å². The van der Waals surface area contributed by atoms with Crippen LogP contribution in [0.1, 0.15) is 0 Å². The van der Waals surface area contributed by atoms with Gasteiger partial charge in [-0.1, -0.05) is 66.4 Å². The Bertz CT molecular complexity index is 973. The summed E-state index contributed by atoms with van der Waals surface area (Å²) in [5, 5.41) is 2.03.